The van der Waals surface area contributed by atoms with Crippen LogP contribution >= 0.6 is 0 Å². The van der Waals surface area contributed by atoms with Crippen molar-refractivity contribution in [3.05, 3.63) is 352 Å². The molecule has 0 radical (unpaired) electrons. The van der Waals surface area contributed by atoms with E-state index < -0.39 is 0 Å². The van der Waals surface area contributed by atoms with Crippen molar-refractivity contribution in [3.63, 3.8) is 0 Å². The van der Waals surface area contributed by atoms with Crippen molar-refractivity contribution < 1.29 is 13.3 Å². The van der Waals surface area contributed by atoms with Crippen LogP contribution in [0.2, 0.25) is 0 Å². The zero-order valence-electron chi connectivity index (χ0n) is 61.2. The molecule has 0 aliphatic rings. The number of benzene rings is 16. The molecule has 0 spiro atoms. The molecular weight excluding hydrogens is 1410 g/mol. The molecule has 16 aromatic carbocycles. The van der Waals surface area contributed by atoms with E-state index in [1.54, 1.807) is 0 Å². The van der Waals surface area contributed by atoms with Gasteiger partial charge in [-0.05, 0) is 138 Å². The molecule has 0 unspecified atom stereocenters. The maximum atomic E-state index is 7.08. The number of aromatic nitrogens is 10. The van der Waals surface area contributed by atoms with E-state index in [0.717, 1.165) is 203 Å². The third kappa shape index (κ3) is 9.49. The predicted octanol–water partition coefficient (Wildman–Crippen LogP) is 26.1. The summed E-state index contributed by atoms with van der Waals surface area (Å²) in [5, 5.41) is 14.9. The zero-order chi connectivity index (χ0) is 75.1. The number of nitrogens with zero attached hydrogens (tertiary/aromatic N) is 10. The quantitative estimate of drug-likeness (QED) is 0.131. The summed E-state index contributed by atoms with van der Waals surface area (Å²) in [4.78, 5) is 32.6. The van der Waals surface area contributed by atoms with E-state index in [1.165, 1.54) is 0 Å². The lowest BCUT2D eigenvalue weighted by molar-refractivity contribution is 0.668. The van der Waals surface area contributed by atoms with E-state index in [-0.39, 0.29) is 0 Å². The predicted molar refractivity (Wildman–Crippen MR) is 465 cm³/mol. The van der Waals surface area contributed by atoms with Gasteiger partial charge in [0, 0.05) is 109 Å². The van der Waals surface area contributed by atoms with Crippen molar-refractivity contribution in [2.24, 2.45) is 0 Å². The standard InChI is InChI=1S/C102H58N10O3/c1-4-22-59(23-5-1)79-54-61(44-51-84(79)110-83-37-19-13-33-78(83)94-86(110)53-50-76-68-29-11-17-35-81(68)112(96(76)94)101-105-97(60-24-6-2-7-25-60)103-98(106-101)63-41-46-71-69-30-14-20-38-87(69)113-90(71)56-63)62-40-45-73-74-48-43-65(58-92(74)115-89(73)55-62)100-104-99(64-42-47-72-70-31-15-21-39-88(70)114-91(72)57-64)107-102(108-100)111-80-34-16-10-28-67(80)75-49-52-85-93(95(75)111)77-32-12-18-36-82(77)109(85)66-26-8-3-9-27-66/h1-58H. The molecule has 13 heteroatoms. The molecule has 0 N–H and O–H groups in total. The molecule has 0 saturated heterocycles. The highest BCUT2D eigenvalue weighted by Gasteiger charge is 2.28. The van der Waals surface area contributed by atoms with Crippen LogP contribution in [0.25, 0.3) is 244 Å². The molecule has 0 atom stereocenters. The summed E-state index contributed by atoms with van der Waals surface area (Å²) in [5.74, 6) is 3.07. The molecule has 0 amide bonds. The normalized spacial score (nSPS) is 12.2. The third-order valence-electron chi connectivity index (χ3n) is 23.3. The first-order valence-electron chi connectivity index (χ1n) is 38.5. The van der Waals surface area contributed by atoms with Gasteiger partial charge in [0.1, 0.15) is 33.5 Å². The molecule has 0 aliphatic heterocycles. The lowest BCUT2D eigenvalue weighted by atomic mass is 9.96. The van der Waals surface area contributed by atoms with Gasteiger partial charge in [-0.25, -0.2) is 9.97 Å². The minimum absolute atomic E-state index is 0.479. The van der Waals surface area contributed by atoms with Gasteiger partial charge < -0.3 is 22.4 Å². The summed E-state index contributed by atoms with van der Waals surface area (Å²) in [6, 6.07) is 124. The van der Waals surface area contributed by atoms with Crippen molar-refractivity contribution in [3.8, 4) is 91.1 Å². The van der Waals surface area contributed by atoms with Gasteiger partial charge in [-0.15, -0.1) is 0 Å². The van der Waals surface area contributed by atoms with Crippen LogP contribution < -0.4 is 0 Å². The minimum Gasteiger partial charge on any atom is -0.456 e. The second-order valence-corrected chi connectivity index (χ2v) is 29.6. The number of furan rings is 3. The molecule has 9 aromatic heterocycles. The molecule has 13 nitrogen and oxygen atoms in total. The van der Waals surface area contributed by atoms with Crippen molar-refractivity contribution in [2.45, 2.75) is 0 Å². The highest BCUT2D eigenvalue weighted by Crippen LogP contribution is 2.48. The van der Waals surface area contributed by atoms with Gasteiger partial charge in [-0.1, -0.05) is 231 Å². The van der Waals surface area contributed by atoms with Crippen LogP contribution in [0.5, 0.6) is 0 Å². The Labute approximate surface area is 653 Å². The average Bonchev–Trinajstić information content (AvgIpc) is 1.55. The molecule has 0 aliphatic carbocycles. The first kappa shape index (κ1) is 63.0. The largest absolute Gasteiger partial charge is 0.456 e. The highest BCUT2D eigenvalue weighted by atomic mass is 16.3. The number of rotatable bonds is 10. The first-order chi connectivity index (χ1) is 57.0. The van der Waals surface area contributed by atoms with Crippen molar-refractivity contribution in [1.29, 1.82) is 0 Å². The number of para-hydroxylation sites is 7. The summed E-state index contributed by atoms with van der Waals surface area (Å²) in [7, 11) is 0. The fraction of sp³-hybridized carbons (Fsp3) is 0. The maximum Gasteiger partial charge on any atom is 0.238 e. The van der Waals surface area contributed by atoms with Gasteiger partial charge >= 0.3 is 0 Å². The van der Waals surface area contributed by atoms with Crippen LogP contribution in [0.3, 0.4) is 0 Å². The Balaban J connectivity index is 0.640. The Morgan fingerprint density at radius 2 is 0.522 bits per heavy atom. The SMILES string of the molecule is c1ccc(-c2nc(-c3ccc4c(c3)oc3ccccc34)nc(-n3c4ccccc4c4ccc5c(c6ccccc6n5-c5ccc(-c6ccc7c(c6)oc6cc(-c8nc(-c9ccc%10c(c9)oc9ccccc9%10)nc(-n9c%10ccccc%10c%10ccc%11c(c%12ccccc%12n%11-c%11ccccc%11)c%109)n8)ccc67)cc5-c5ccccc5)c43)n2)cc1. The van der Waals surface area contributed by atoms with Crippen LogP contribution in [0, 0.1) is 0 Å². The molecule has 25 aromatic rings. The molecule has 0 bridgehead atoms. The van der Waals surface area contributed by atoms with E-state index in [0.29, 0.717) is 40.8 Å². The van der Waals surface area contributed by atoms with E-state index >= 15 is 0 Å². The van der Waals surface area contributed by atoms with Crippen molar-refractivity contribution >= 4 is 153 Å². The van der Waals surface area contributed by atoms with Gasteiger partial charge in [0.25, 0.3) is 0 Å². The highest BCUT2D eigenvalue weighted by molar-refractivity contribution is 6.28. The maximum absolute atomic E-state index is 7.08. The smallest absolute Gasteiger partial charge is 0.238 e. The first-order valence-corrected chi connectivity index (χ1v) is 38.5. The average molecular weight is 1470 g/mol. The van der Waals surface area contributed by atoms with E-state index in [4.69, 9.17) is 43.2 Å². The fourth-order valence-corrected chi connectivity index (χ4v) is 18.2. The summed E-state index contributed by atoms with van der Waals surface area (Å²) >= 11 is 0. The van der Waals surface area contributed by atoms with Crippen LogP contribution in [0.1, 0.15) is 0 Å². The molecule has 534 valence electrons. The zero-order valence-corrected chi connectivity index (χ0v) is 61.2. The molecule has 115 heavy (non-hydrogen) atoms. The Bertz CT molecular complexity index is 8430. The number of hydrogen-bond donors (Lipinski definition) is 0. The van der Waals surface area contributed by atoms with Crippen LogP contribution in [-0.2, 0) is 0 Å². The van der Waals surface area contributed by atoms with Crippen LogP contribution in [-0.4, -0.2) is 48.2 Å². The molecule has 9 heterocycles. The second kappa shape index (κ2) is 24.3. The Hall–Kier alpha value is -15.9. The van der Waals surface area contributed by atoms with Gasteiger partial charge in [0.05, 0.1) is 49.8 Å². The lowest BCUT2D eigenvalue weighted by Gasteiger charge is -2.16. The van der Waals surface area contributed by atoms with E-state index in [9.17, 15) is 0 Å². The fourth-order valence-electron chi connectivity index (χ4n) is 18.2. The summed E-state index contributed by atoms with van der Waals surface area (Å²) in [6.45, 7) is 0. The minimum atomic E-state index is 0.479. The molecule has 25 rings (SSSR count). The summed E-state index contributed by atoms with van der Waals surface area (Å²) in [6.07, 6.45) is 0. The summed E-state index contributed by atoms with van der Waals surface area (Å²) < 4.78 is 29.4. The Kier molecular flexibility index (Phi) is 13.3. The van der Waals surface area contributed by atoms with Crippen molar-refractivity contribution in [1.82, 2.24) is 48.2 Å². The summed E-state index contributed by atoms with van der Waals surface area (Å²) in [5.41, 5.74) is 22.4. The monoisotopic (exact) mass is 1470 g/mol. The second-order valence-electron chi connectivity index (χ2n) is 29.6. The number of hydrogen-bond acceptors (Lipinski definition) is 9. The topological polar surface area (TPSA) is 136 Å². The van der Waals surface area contributed by atoms with Gasteiger partial charge in [-0.3, -0.25) is 9.13 Å². The molecular formula is C102H58N10O3. The molecule has 0 saturated carbocycles. The van der Waals surface area contributed by atoms with Gasteiger partial charge in [0.15, 0.2) is 23.3 Å². The Morgan fingerprint density at radius 3 is 1.01 bits per heavy atom. The van der Waals surface area contributed by atoms with E-state index in [2.05, 4.69) is 316 Å². The van der Waals surface area contributed by atoms with Crippen LogP contribution in [0.15, 0.2) is 365 Å². The van der Waals surface area contributed by atoms with Gasteiger partial charge in [0.2, 0.25) is 11.9 Å². The molecule has 0 fully saturated rings. The number of fused-ring (bicyclic) bond motifs is 23. The third-order valence-corrected chi connectivity index (χ3v) is 23.3. The van der Waals surface area contributed by atoms with Crippen molar-refractivity contribution in [2.75, 3.05) is 0 Å². The van der Waals surface area contributed by atoms with Crippen LogP contribution in [0.4, 0.5) is 0 Å². The Morgan fingerprint density at radius 1 is 0.191 bits per heavy atom. The van der Waals surface area contributed by atoms with E-state index in [1.807, 2.05) is 54.6 Å². The van der Waals surface area contributed by atoms with Gasteiger partial charge in [-0.2, -0.15) is 19.9 Å². The lowest BCUT2D eigenvalue weighted by Crippen LogP contribution is -2.06.